The van der Waals surface area contributed by atoms with Crippen LogP contribution in [0.4, 0.5) is 0 Å². The van der Waals surface area contributed by atoms with Gasteiger partial charge in [-0.15, -0.1) is 46.5 Å². The van der Waals surface area contributed by atoms with Crippen LogP contribution < -0.4 is 0 Å². The Morgan fingerprint density at radius 2 is 0.938 bits per heavy atom. The van der Waals surface area contributed by atoms with Crippen LogP contribution in [-0.2, 0) is 106 Å². The van der Waals surface area contributed by atoms with Gasteiger partial charge in [-0.1, -0.05) is 171 Å². The molecule has 20 heteroatoms. The van der Waals surface area contributed by atoms with Crippen LogP contribution in [0, 0.1) is 73.3 Å². The summed E-state index contributed by atoms with van der Waals surface area (Å²) in [5.41, 5.74) is 28.1. The smallest absolute Gasteiger partial charge is 0.116 e. The molecule has 0 spiro atoms. The maximum atomic E-state index is 4.81. The Labute approximate surface area is 707 Å². The summed E-state index contributed by atoms with van der Waals surface area (Å²) in [5, 5.41) is 9.46. The van der Waals surface area contributed by atoms with E-state index in [9.17, 15) is 0 Å². The molecule has 0 bridgehead atoms. The van der Waals surface area contributed by atoms with Crippen molar-refractivity contribution in [2.45, 2.75) is 135 Å². The summed E-state index contributed by atoms with van der Waals surface area (Å²) in [5.74, 6) is 1.13. The maximum absolute atomic E-state index is 4.81. The molecule has 12 heterocycles. The molecule has 0 aliphatic heterocycles. The van der Waals surface area contributed by atoms with Crippen molar-refractivity contribution >= 4 is 87.7 Å². The first-order valence-corrected chi connectivity index (χ1v) is 37.2. The van der Waals surface area contributed by atoms with E-state index in [1.165, 1.54) is 71.3 Å². The van der Waals surface area contributed by atoms with E-state index in [2.05, 4.69) is 301 Å². The van der Waals surface area contributed by atoms with E-state index in [4.69, 9.17) is 9.97 Å². The molecule has 0 saturated heterocycles. The normalized spacial score (nSPS) is 11.1. The second kappa shape index (κ2) is 36.2. The molecule has 0 N–H and O–H groups in total. The number of rotatable bonds is 13. The van der Waals surface area contributed by atoms with Gasteiger partial charge in [0.2, 0.25) is 0 Å². The number of fused-ring (bicyclic) bond motifs is 12. The van der Waals surface area contributed by atoms with Gasteiger partial charge in [0.1, 0.15) is 24.8 Å². The average Bonchev–Trinajstić information content (AvgIpc) is 1.58. The number of aromatic nitrogens is 16. The van der Waals surface area contributed by atoms with E-state index in [1.807, 2.05) is 58.0 Å². The average molecular weight is 2180 g/mol. The molecule has 6 aromatic carbocycles. The zero-order valence-electron chi connectivity index (χ0n) is 64.8. The number of aryl methyl sites for hydroxylation is 10. The van der Waals surface area contributed by atoms with Crippen molar-refractivity contribution in [3.05, 3.63) is 271 Å². The molecule has 0 aliphatic rings. The van der Waals surface area contributed by atoms with Crippen molar-refractivity contribution in [1.29, 1.82) is 0 Å². The van der Waals surface area contributed by atoms with Gasteiger partial charge in [-0.3, -0.25) is 19.9 Å². The number of para-hydroxylation sites is 2. The quantitative estimate of drug-likeness (QED) is 0.100. The second-order valence-electron chi connectivity index (χ2n) is 27.9. The fraction of sp³-hybridized carbons (Fsp3) is 0.217. The van der Waals surface area contributed by atoms with E-state index in [-0.39, 0.29) is 80.4 Å². The minimum atomic E-state index is 0. The maximum Gasteiger partial charge on any atom is 0.116 e. The molecule has 572 valence electrons. The van der Waals surface area contributed by atoms with Crippen molar-refractivity contribution in [3.8, 4) is 61.8 Å². The van der Waals surface area contributed by atoms with Gasteiger partial charge < -0.3 is 38.2 Å². The van der Waals surface area contributed by atoms with Crippen molar-refractivity contribution in [2.24, 2.45) is 0 Å². The molecule has 4 radical (unpaired) electrons. The molecule has 0 saturated carbocycles. The molecule has 12 aromatic heterocycles. The van der Waals surface area contributed by atoms with Gasteiger partial charge in [0.25, 0.3) is 0 Å². The van der Waals surface area contributed by atoms with E-state index >= 15 is 0 Å². The van der Waals surface area contributed by atoms with Gasteiger partial charge in [0.15, 0.2) is 0 Å². The van der Waals surface area contributed by atoms with E-state index in [1.54, 1.807) is 19.0 Å². The Balaban J connectivity index is 0.000000147. The van der Waals surface area contributed by atoms with Crippen LogP contribution in [0.2, 0.25) is 0 Å². The molecule has 0 fully saturated rings. The zero-order chi connectivity index (χ0) is 74.9. The summed E-state index contributed by atoms with van der Waals surface area (Å²) in [6.07, 6.45) is 21.0. The minimum Gasteiger partial charge on any atom is -0.366 e. The second-order valence-corrected chi connectivity index (χ2v) is 27.9. The van der Waals surface area contributed by atoms with Crippen LogP contribution in [-0.4, -0.2) is 78.1 Å². The summed E-state index contributed by atoms with van der Waals surface area (Å²) in [6, 6.07) is 61.7. The molecule has 112 heavy (non-hydrogen) atoms. The van der Waals surface area contributed by atoms with Crippen molar-refractivity contribution < 1.29 is 80.4 Å². The number of hydrogen-bond acceptors (Lipinski definition) is 12. The van der Waals surface area contributed by atoms with Gasteiger partial charge in [-0.25, -0.2) is 19.9 Å². The monoisotopic (exact) mass is 2180 g/mol. The SMILES string of the molecule is CCCc1ccc2c(c1)c1cc(-c3ncnc(C)c3C)[c-]nc1n2CCC.CCn1c2cc(C)c(C)cc2c2cc(-c3cc(C(C)C)ncn3)[c-]nc21.CCn1c2ccccc2c2cc(-c3cc(C)nc(C)n3)[c-]nc21.Cc1cc(-c2[c-]nc3c(c2)c2c(-c4ccccc4)cccc2n3-c2ccccc2)ncn1.[Ir].[Ir].[Ir].[Ir]. The van der Waals surface area contributed by atoms with E-state index in [0.29, 0.717) is 5.92 Å². The number of nitrogens with zero attached hydrogens (tertiary/aromatic N) is 16. The zero-order valence-corrected chi connectivity index (χ0v) is 74.4. The molecule has 0 amide bonds. The van der Waals surface area contributed by atoms with E-state index in [0.717, 1.165) is 168 Å². The van der Waals surface area contributed by atoms with Gasteiger partial charge in [-0.2, -0.15) is 0 Å². The van der Waals surface area contributed by atoms with Crippen molar-refractivity contribution in [1.82, 2.24) is 78.1 Å². The van der Waals surface area contributed by atoms with Crippen LogP contribution in [0.25, 0.3) is 150 Å². The summed E-state index contributed by atoms with van der Waals surface area (Å²) in [6.45, 7) is 30.0. The van der Waals surface area contributed by atoms with Crippen LogP contribution in [0.3, 0.4) is 0 Å². The molecule has 16 nitrogen and oxygen atoms in total. The predicted molar refractivity (Wildman–Crippen MR) is 438 cm³/mol. The molecule has 0 aliphatic carbocycles. The first kappa shape index (κ1) is 83.0. The van der Waals surface area contributed by atoms with Crippen LogP contribution in [0.1, 0.15) is 111 Å². The Morgan fingerprint density at radius 3 is 1.60 bits per heavy atom. The summed E-state index contributed by atoms with van der Waals surface area (Å²) < 4.78 is 9.01. The summed E-state index contributed by atoms with van der Waals surface area (Å²) in [4.78, 5) is 54.0. The molecule has 18 rings (SSSR count). The molecule has 0 unspecified atom stereocenters. The van der Waals surface area contributed by atoms with Gasteiger partial charge >= 0.3 is 0 Å². The van der Waals surface area contributed by atoms with E-state index < -0.39 is 0 Å². The van der Waals surface area contributed by atoms with Gasteiger partial charge in [0.05, 0.1) is 22.6 Å². The molecular formula is C92H84Ir4N16-4. The van der Waals surface area contributed by atoms with Crippen molar-refractivity contribution in [2.75, 3.05) is 0 Å². The summed E-state index contributed by atoms with van der Waals surface area (Å²) >= 11 is 0. The Kier molecular flexibility index (Phi) is 26.9. The molecule has 18 aromatic rings. The van der Waals surface area contributed by atoms with Crippen LogP contribution in [0.5, 0.6) is 0 Å². The first-order chi connectivity index (χ1) is 52.6. The summed E-state index contributed by atoms with van der Waals surface area (Å²) in [7, 11) is 0. The fourth-order valence-corrected chi connectivity index (χ4v) is 14.7. The molecule has 0 atom stereocenters. The Hall–Kier alpha value is -9.96. The van der Waals surface area contributed by atoms with Crippen LogP contribution in [0.15, 0.2) is 195 Å². The fourth-order valence-electron chi connectivity index (χ4n) is 14.7. The molecular weight excluding hydrogens is 2100 g/mol. The Bertz CT molecular complexity index is 6390. The third kappa shape index (κ3) is 16.5. The first-order valence-electron chi connectivity index (χ1n) is 37.2. The Morgan fingerprint density at radius 1 is 0.393 bits per heavy atom. The predicted octanol–water partition coefficient (Wildman–Crippen LogP) is 21.1. The topological polar surface area (TPSA) is 174 Å². The van der Waals surface area contributed by atoms with Crippen molar-refractivity contribution in [3.63, 3.8) is 0 Å². The third-order valence-electron chi connectivity index (χ3n) is 20.3. The van der Waals surface area contributed by atoms with Gasteiger partial charge in [-0.05, 0) is 220 Å². The van der Waals surface area contributed by atoms with Gasteiger partial charge in [0, 0.05) is 151 Å². The number of pyridine rings is 4. The number of hydrogen-bond donors (Lipinski definition) is 0. The number of benzene rings is 6. The standard InChI is InChI=1S/C28H19N4.C23H25N4.C22H23N4.C19H17N4.4Ir/c1-19-15-25(31-18-30-19)21-16-24-27-23(20-9-4-2-5-10-20)13-8-14-26(27)32(28(24)29-17-21)22-11-6-3-7-12-22;1-5-7-17-8-9-21-19(11-17)20-12-18(13-24-23(20)27(21)10-6-2)22-15(3)16(4)25-14-26-22;1-6-26-21-8-15(5)14(4)7-17(21)18-9-16(11-23-22(18)26)20-10-19(13(2)3)24-12-25-20;1-4-23-18-8-6-5-7-15(18)16-10-14(11-20-19(16)23)17-9-12(2)21-13(3)22-17;;;;/h2-16,18H,1H3;8-9,11-12,14H,5-7,10H2,1-4H3;7-10,12-13H,6H2,1-5H3;5-10H,4H2,1-3H3;;;;/q4*-1;;;;. The minimum absolute atomic E-state index is 0. The van der Waals surface area contributed by atoms with Crippen LogP contribution >= 0.6 is 0 Å². The third-order valence-corrected chi connectivity index (χ3v) is 20.3. The largest absolute Gasteiger partial charge is 0.366 e.